The fourth-order valence-corrected chi connectivity index (χ4v) is 8.51. The lowest BCUT2D eigenvalue weighted by Crippen LogP contribution is -2.00. The van der Waals surface area contributed by atoms with E-state index < -0.39 is 0 Å². The summed E-state index contributed by atoms with van der Waals surface area (Å²) < 4.78 is 0. The van der Waals surface area contributed by atoms with Gasteiger partial charge in [-0.05, 0) is 204 Å². The Morgan fingerprint density at radius 2 is 0.500 bits per heavy atom. The molecule has 2 aliphatic rings. The SMILES string of the molecule is Cc1c(C)c(C)c2c(C)c3c(c(C)c2c1C)c1c(C)c(C)c2c4c(C)c(=O)c(C)c-4c4c(C)c(C)c3c1c24. The van der Waals surface area contributed by atoms with Crippen LogP contribution in [-0.2, 0) is 0 Å². The van der Waals surface area contributed by atoms with E-state index in [4.69, 9.17) is 0 Å². The van der Waals surface area contributed by atoms with E-state index in [2.05, 4.69) is 69.2 Å². The third-order valence-electron chi connectivity index (χ3n) is 11.0. The van der Waals surface area contributed by atoms with E-state index in [9.17, 15) is 4.79 Å². The lowest BCUT2D eigenvalue weighted by molar-refractivity contribution is 1.24. The van der Waals surface area contributed by atoms with E-state index in [1.165, 1.54) is 121 Å². The highest BCUT2D eigenvalue weighted by atomic mass is 16.1. The van der Waals surface area contributed by atoms with Gasteiger partial charge in [0.25, 0.3) is 0 Å². The van der Waals surface area contributed by atoms with Crippen LogP contribution in [0.1, 0.15) is 66.8 Å². The van der Waals surface area contributed by atoms with Crippen molar-refractivity contribution < 1.29 is 0 Å². The quantitative estimate of drug-likeness (QED) is 0.204. The van der Waals surface area contributed by atoms with Gasteiger partial charge >= 0.3 is 0 Å². The second-order valence-electron chi connectivity index (χ2n) is 12.3. The predicted molar refractivity (Wildman–Crippen MR) is 167 cm³/mol. The molecule has 0 heterocycles. The Morgan fingerprint density at radius 3 is 0.868 bits per heavy atom. The summed E-state index contributed by atoms with van der Waals surface area (Å²) in [5.74, 6) is 0. The minimum atomic E-state index is 0.212. The molecular formula is C37H36O. The highest BCUT2D eigenvalue weighted by molar-refractivity contribution is 6.43. The second kappa shape index (κ2) is 6.94. The second-order valence-corrected chi connectivity index (χ2v) is 12.3. The van der Waals surface area contributed by atoms with E-state index in [-0.39, 0.29) is 5.43 Å². The minimum Gasteiger partial charge on any atom is -0.289 e. The molecule has 0 amide bonds. The van der Waals surface area contributed by atoms with Crippen LogP contribution < -0.4 is 5.43 Å². The van der Waals surface area contributed by atoms with Crippen molar-refractivity contribution in [1.82, 2.24) is 0 Å². The minimum absolute atomic E-state index is 0.212. The summed E-state index contributed by atoms with van der Waals surface area (Å²) >= 11 is 0. The zero-order valence-electron chi connectivity index (χ0n) is 24.9. The number of fused-ring (bicyclic) bond motifs is 7. The van der Waals surface area contributed by atoms with Crippen LogP contribution in [0.5, 0.6) is 0 Å². The zero-order chi connectivity index (χ0) is 27.4. The monoisotopic (exact) mass is 496 g/mol. The molecule has 2 aliphatic carbocycles. The average Bonchev–Trinajstić information content (AvgIpc) is 3.49. The molecule has 0 bridgehead atoms. The first-order valence-electron chi connectivity index (χ1n) is 14.0. The van der Waals surface area contributed by atoms with Gasteiger partial charge in [-0.2, -0.15) is 0 Å². The molecule has 0 atom stereocenters. The molecule has 0 radical (unpaired) electrons. The molecule has 190 valence electrons. The van der Waals surface area contributed by atoms with E-state index in [1.807, 2.05) is 13.8 Å². The maximum atomic E-state index is 13.2. The zero-order valence-corrected chi connectivity index (χ0v) is 24.9. The van der Waals surface area contributed by atoms with Crippen LogP contribution >= 0.6 is 0 Å². The molecule has 0 aliphatic heterocycles. The Balaban J connectivity index is 1.96. The van der Waals surface area contributed by atoms with Gasteiger partial charge in [-0.25, -0.2) is 0 Å². The fraction of sp³-hybridized carbons (Fsp3) is 0.324. The van der Waals surface area contributed by atoms with Crippen LogP contribution in [0.25, 0.3) is 65.0 Å². The number of hydrogen-bond acceptors (Lipinski definition) is 1. The fourth-order valence-electron chi connectivity index (χ4n) is 8.51. The van der Waals surface area contributed by atoms with Crippen molar-refractivity contribution in [2.75, 3.05) is 0 Å². The van der Waals surface area contributed by atoms with Crippen molar-refractivity contribution in [3.63, 3.8) is 0 Å². The van der Waals surface area contributed by atoms with Gasteiger partial charge in [0.05, 0.1) is 0 Å². The van der Waals surface area contributed by atoms with Crippen LogP contribution in [0.15, 0.2) is 4.79 Å². The largest absolute Gasteiger partial charge is 0.289 e. The molecule has 0 spiro atoms. The van der Waals surface area contributed by atoms with Crippen LogP contribution in [-0.4, -0.2) is 0 Å². The smallest absolute Gasteiger partial charge is 0.185 e. The molecule has 0 saturated heterocycles. The molecular weight excluding hydrogens is 460 g/mol. The third kappa shape index (κ3) is 2.23. The van der Waals surface area contributed by atoms with Crippen LogP contribution in [0.2, 0.25) is 0 Å². The summed E-state index contributed by atoms with van der Waals surface area (Å²) in [7, 11) is 0. The summed E-state index contributed by atoms with van der Waals surface area (Å²) in [4.78, 5) is 13.2. The van der Waals surface area contributed by atoms with Crippen molar-refractivity contribution in [3.05, 3.63) is 77.0 Å². The van der Waals surface area contributed by atoms with E-state index in [0.717, 1.165) is 11.1 Å². The van der Waals surface area contributed by atoms with E-state index >= 15 is 0 Å². The van der Waals surface area contributed by atoms with Gasteiger partial charge in [-0.3, -0.25) is 4.79 Å². The van der Waals surface area contributed by atoms with Crippen LogP contribution in [0.3, 0.4) is 0 Å². The van der Waals surface area contributed by atoms with Gasteiger partial charge in [-0.15, -0.1) is 0 Å². The number of aryl methyl sites for hydroxylation is 8. The molecule has 0 aromatic heterocycles. The molecule has 38 heavy (non-hydrogen) atoms. The molecule has 1 nitrogen and oxygen atoms in total. The highest BCUT2D eigenvalue weighted by Gasteiger charge is 2.33. The maximum absolute atomic E-state index is 13.2. The average molecular weight is 497 g/mol. The summed E-state index contributed by atoms with van der Waals surface area (Å²) in [6.45, 7) is 27.2. The molecule has 1 heteroatoms. The summed E-state index contributed by atoms with van der Waals surface area (Å²) in [5.41, 5.74) is 18.3. The van der Waals surface area contributed by atoms with Crippen molar-refractivity contribution >= 4 is 53.9 Å². The predicted octanol–water partition coefficient (Wildman–Crippen LogP) is 9.93. The van der Waals surface area contributed by atoms with Gasteiger partial charge in [0.1, 0.15) is 0 Å². The van der Waals surface area contributed by atoms with Crippen molar-refractivity contribution in [2.24, 2.45) is 0 Å². The molecule has 0 unspecified atom stereocenters. The van der Waals surface area contributed by atoms with E-state index in [0.29, 0.717) is 0 Å². The molecule has 5 aromatic carbocycles. The maximum Gasteiger partial charge on any atom is 0.185 e. The molecule has 0 fully saturated rings. The third-order valence-corrected chi connectivity index (χ3v) is 11.0. The Bertz CT molecular complexity index is 2090. The first-order chi connectivity index (χ1) is 17.8. The van der Waals surface area contributed by atoms with Gasteiger partial charge in [0, 0.05) is 11.1 Å². The van der Waals surface area contributed by atoms with Crippen molar-refractivity contribution in [3.8, 4) is 11.1 Å². The van der Waals surface area contributed by atoms with Gasteiger partial charge < -0.3 is 0 Å². The summed E-state index contributed by atoms with van der Waals surface area (Å²) in [5, 5.41) is 14.0. The first-order valence-corrected chi connectivity index (χ1v) is 14.0. The normalized spacial score (nSPS) is 12.8. The standard InChI is InChI=1S/C37H36O/c1-13-14(2)16(4)26-22(10)32-28-18(6)20(8)30-34-24(12)37(38)23(11)33(34)29-19(7)17(5)27(35(28)36(29)30)31(32)21(9)25(26)15(13)3/h1-12H3. The van der Waals surface area contributed by atoms with Gasteiger partial charge in [0.2, 0.25) is 0 Å². The summed E-state index contributed by atoms with van der Waals surface area (Å²) in [6.07, 6.45) is 0. The first kappa shape index (κ1) is 23.7. The number of benzene rings is 4. The Morgan fingerprint density at radius 1 is 0.237 bits per heavy atom. The Labute approximate surface area is 224 Å². The molecule has 0 N–H and O–H groups in total. The van der Waals surface area contributed by atoms with Crippen LogP contribution in [0.4, 0.5) is 0 Å². The molecule has 5 aromatic rings. The van der Waals surface area contributed by atoms with Gasteiger partial charge in [-0.1, -0.05) is 0 Å². The Kier molecular flexibility index (Phi) is 4.32. The van der Waals surface area contributed by atoms with Crippen molar-refractivity contribution in [1.29, 1.82) is 0 Å². The molecule has 7 rings (SSSR count). The summed E-state index contributed by atoms with van der Waals surface area (Å²) in [6, 6.07) is 0. The lowest BCUT2D eigenvalue weighted by atomic mass is 9.84. The highest BCUT2D eigenvalue weighted by Crippen LogP contribution is 2.57. The molecule has 0 saturated carbocycles. The number of hydrogen-bond donors (Lipinski definition) is 0. The van der Waals surface area contributed by atoms with Gasteiger partial charge in [0.15, 0.2) is 5.43 Å². The Hall–Kier alpha value is -3.45. The van der Waals surface area contributed by atoms with E-state index in [1.54, 1.807) is 0 Å². The topological polar surface area (TPSA) is 17.1 Å². The number of rotatable bonds is 0. The lowest BCUT2D eigenvalue weighted by Gasteiger charge is -2.20. The van der Waals surface area contributed by atoms with Crippen LogP contribution in [0, 0.1) is 83.1 Å². The van der Waals surface area contributed by atoms with Crippen molar-refractivity contribution in [2.45, 2.75) is 83.1 Å².